The van der Waals surface area contributed by atoms with Crippen LogP contribution in [-0.2, 0) is 23.1 Å². The average molecular weight is 423 g/mol. The van der Waals surface area contributed by atoms with Crippen LogP contribution in [0.15, 0.2) is 42.9 Å². The lowest BCUT2D eigenvalue weighted by Gasteiger charge is -2.16. The molecule has 0 radical (unpaired) electrons. The average Bonchev–Trinajstić information content (AvgIpc) is 3.40. The van der Waals surface area contributed by atoms with Crippen molar-refractivity contribution in [1.29, 1.82) is 0 Å². The topological polar surface area (TPSA) is 105 Å². The number of fused-ring (bicyclic) bond motifs is 1. The standard InChI is InChI=1S/C21H22N6O2S/c1-12-18(19-22-8-9-27(19)3)30-21(24-12)26-20(29)17(25-13(2)28)10-14-11-23-16-7-5-4-6-15(14)16/h4-9,11,17,23H,10H2,1-3H3,(H,25,28)(H,24,26,29). The summed E-state index contributed by atoms with van der Waals surface area (Å²) in [5.41, 5.74) is 2.74. The second-order valence-corrected chi connectivity index (χ2v) is 8.10. The first-order chi connectivity index (χ1) is 14.4. The van der Waals surface area contributed by atoms with Gasteiger partial charge in [0.2, 0.25) is 11.8 Å². The quantitative estimate of drug-likeness (QED) is 0.444. The van der Waals surface area contributed by atoms with E-state index < -0.39 is 6.04 Å². The maximum absolute atomic E-state index is 13.0. The highest BCUT2D eigenvalue weighted by molar-refractivity contribution is 7.19. The van der Waals surface area contributed by atoms with Crippen LogP contribution >= 0.6 is 11.3 Å². The highest BCUT2D eigenvalue weighted by atomic mass is 32.1. The highest BCUT2D eigenvalue weighted by Crippen LogP contribution is 2.31. The zero-order chi connectivity index (χ0) is 21.3. The summed E-state index contributed by atoms with van der Waals surface area (Å²) in [5.74, 6) is 0.220. The van der Waals surface area contributed by atoms with Gasteiger partial charge in [-0.1, -0.05) is 29.5 Å². The summed E-state index contributed by atoms with van der Waals surface area (Å²) in [7, 11) is 1.91. The second-order valence-electron chi connectivity index (χ2n) is 7.10. The molecule has 30 heavy (non-hydrogen) atoms. The summed E-state index contributed by atoms with van der Waals surface area (Å²) in [6.45, 7) is 3.29. The van der Waals surface area contributed by atoms with E-state index in [0.29, 0.717) is 11.6 Å². The highest BCUT2D eigenvalue weighted by Gasteiger charge is 2.23. The second kappa shape index (κ2) is 8.11. The van der Waals surface area contributed by atoms with Crippen molar-refractivity contribution in [2.75, 3.05) is 5.32 Å². The third-order valence-electron chi connectivity index (χ3n) is 4.84. The number of thiazole rings is 1. The molecule has 154 valence electrons. The van der Waals surface area contributed by atoms with E-state index in [2.05, 4.69) is 25.6 Å². The number of carbonyl (C=O) groups excluding carboxylic acids is 2. The molecule has 8 nitrogen and oxygen atoms in total. The predicted molar refractivity (Wildman–Crippen MR) is 117 cm³/mol. The molecule has 0 spiro atoms. The van der Waals surface area contributed by atoms with Crippen LogP contribution in [0.2, 0.25) is 0 Å². The van der Waals surface area contributed by atoms with Gasteiger partial charge in [0.1, 0.15) is 6.04 Å². The summed E-state index contributed by atoms with van der Waals surface area (Å²) in [6, 6.07) is 7.15. The van der Waals surface area contributed by atoms with Crippen LogP contribution in [0.5, 0.6) is 0 Å². The van der Waals surface area contributed by atoms with Crippen LogP contribution in [0, 0.1) is 6.92 Å². The monoisotopic (exact) mass is 422 g/mol. The number of hydrogen-bond donors (Lipinski definition) is 3. The smallest absolute Gasteiger partial charge is 0.249 e. The number of aromatic nitrogens is 4. The summed E-state index contributed by atoms with van der Waals surface area (Å²) in [4.78, 5) is 37.6. The van der Waals surface area contributed by atoms with Gasteiger partial charge in [-0.3, -0.25) is 9.59 Å². The SMILES string of the molecule is CC(=O)NC(Cc1c[nH]c2ccccc12)C(=O)Nc1nc(C)c(-c2nccn2C)s1. The van der Waals surface area contributed by atoms with E-state index in [1.807, 2.05) is 55.2 Å². The summed E-state index contributed by atoms with van der Waals surface area (Å²) in [6.07, 6.45) is 5.83. The molecule has 4 rings (SSSR count). The molecule has 3 heterocycles. The van der Waals surface area contributed by atoms with Gasteiger partial charge < -0.3 is 20.2 Å². The molecule has 9 heteroatoms. The number of hydrogen-bond acceptors (Lipinski definition) is 5. The van der Waals surface area contributed by atoms with Crippen LogP contribution in [0.25, 0.3) is 21.6 Å². The summed E-state index contributed by atoms with van der Waals surface area (Å²) in [5, 5.41) is 7.12. The lowest BCUT2D eigenvalue weighted by molar-refractivity contribution is -0.125. The van der Waals surface area contributed by atoms with E-state index >= 15 is 0 Å². The first kappa shape index (κ1) is 19.8. The maximum atomic E-state index is 13.0. The zero-order valence-corrected chi connectivity index (χ0v) is 17.7. The van der Waals surface area contributed by atoms with Crippen molar-refractivity contribution in [2.24, 2.45) is 7.05 Å². The third-order valence-corrected chi connectivity index (χ3v) is 5.91. The Morgan fingerprint density at radius 2 is 2.10 bits per heavy atom. The first-order valence-corrected chi connectivity index (χ1v) is 10.3. The normalized spacial score (nSPS) is 12.1. The van der Waals surface area contributed by atoms with Gasteiger partial charge in [-0.25, -0.2) is 9.97 Å². The minimum Gasteiger partial charge on any atom is -0.361 e. The minimum atomic E-state index is -0.720. The van der Waals surface area contributed by atoms with Gasteiger partial charge in [0, 0.05) is 49.9 Å². The molecule has 0 saturated heterocycles. The minimum absolute atomic E-state index is 0.265. The van der Waals surface area contributed by atoms with E-state index in [4.69, 9.17) is 0 Å². The van der Waals surface area contributed by atoms with E-state index in [1.54, 1.807) is 6.20 Å². The zero-order valence-electron chi connectivity index (χ0n) is 16.9. The van der Waals surface area contributed by atoms with Crippen molar-refractivity contribution in [3.63, 3.8) is 0 Å². The molecular formula is C21H22N6O2S. The number of para-hydroxylation sites is 1. The fraction of sp³-hybridized carbons (Fsp3) is 0.238. The van der Waals surface area contributed by atoms with Crippen LogP contribution in [0.3, 0.4) is 0 Å². The number of amides is 2. The number of aryl methyl sites for hydroxylation is 2. The largest absolute Gasteiger partial charge is 0.361 e. The van der Waals surface area contributed by atoms with E-state index in [0.717, 1.165) is 32.9 Å². The van der Waals surface area contributed by atoms with Crippen molar-refractivity contribution < 1.29 is 9.59 Å². The number of nitrogens with zero attached hydrogens (tertiary/aromatic N) is 3. The van der Waals surface area contributed by atoms with E-state index in [1.165, 1.54) is 18.3 Å². The molecule has 1 unspecified atom stereocenters. The molecule has 3 N–H and O–H groups in total. The Hall–Kier alpha value is -3.46. The lowest BCUT2D eigenvalue weighted by Crippen LogP contribution is -2.44. The molecule has 0 aliphatic heterocycles. The fourth-order valence-electron chi connectivity index (χ4n) is 3.41. The van der Waals surface area contributed by atoms with Crippen molar-refractivity contribution in [3.05, 3.63) is 54.1 Å². The molecular weight excluding hydrogens is 400 g/mol. The van der Waals surface area contributed by atoms with Gasteiger partial charge in [-0.2, -0.15) is 0 Å². The molecule has 0 aliphatic carbocycles. The Bertz CT molecular complexity index is 1220. The van der Waals surface area contributed by atoms with Crippen LogP contribution in [-0.4, -0.2) is 37.4 Å². The van der Waals surface area contributed by atoms with Gasteiger partial charge in [0.15, 0.2) is 11.0 Å². The number of aromatic amines is 1. The van der Waals surface area contributed by atoms with Crippen LogP contribution < -0.4 is 10.6 Å². The number of rotatable bonds is 6. The summed E-state index contributed by atoms with van der Waals surface area (Å²) >= 11 is 1.36. The number of imidazole rings is 1. The van der Waals surface area contributed by atoms with E-state index in [9.17, 15) is 9.59 Å². The molecule has 2 amide bonds. The predicted octanol–water partition coefficient (Wildman–Crippen LogP) is 3.02. The Labute approximate surface area is 177 Å². The molecule has 3 aromatic heterocycles. The first-order valence-electron chi connectivity index (χ1n) is 9.50. The Balaban J connectivity index is 1.56. The number of benzene rings is 1. The van der Waals surface area contributed by atoms with E-state index in [-0.39, 0.29) is 11.8 Å². The number of anilines is 1. The van der Waals surface area contributed by atoms with Crippen LogP contribution in [0.1, 0.15) is 18.2 Å². The van der Waals surface area contributed by atoms with Gasteiger partial charge in [-0.15, -0.1) is 0 Å². The molecule has 0 saturated carbocycles. The summed E-state index contributed by atoms with van der Waals surface area (Å²) < 4.78 is 1.91. The van der Waals surface area contributed by atoms with Crippen LogP contribution in [0.4, 0.5) is 5.13 Å². The molecule has 1 atom stereocenters. The Kier molecular flexibility index (Phi) is 5.37. The maximum Gasteiger partial charge on any atom is 0.249 e. The molecule has 0 aliphatic rings. The number of carbonyl (C=O) groups is 2. The van der Waals surface area contributed by atoms with Gasteiger partial charge >= 0.3 is 0 Å². The Morgan fingerprint density at radius 3 is 2.83 bits per heavy atom. The van der Waals surface area contributed by atoms with Crippen molar-refractivity contribution in [1.82, 2.24) is 24.8 Å². The van der Waals surface area contributed by atoms with Gasteiger partial charge in [0.05, 0.1) is 10.6 Å². The fourth-order valence-corrected chi connectivity index (χ4v) is 4.42. The van der Waals surface area contributed by atoms with Crippen molar-refractivity contribution >= 4 is 39.2 Å². The third kappa shape index (κ3) is 3.97. The molecule has 4 aromatic rings. The lowest BCUT2D eigenvalue weighted by atomic mass is 10.0. The van der Waals surface area contributed by atoms with Gasteiger partial charge in [-0.05, 0) is 18.6 Å². The van der Waals surface area contributed by atoms with Crippen molar-refractivity contribution in [3.8, 4) is 10.7 Å². The molecule has 0 fully saturated rings. The number of nitrogens with one attached hydrogen (secondary N) is 3. The molecule has 0 bridgehead atoms. The molecule has 1 aromatic carbocycles. The van der Waals surface area contributed by atoms with Crippen molar-refractivity contribution in [2.45, 2.75) is 26.3 Å². The number of H-pyrrole nitrogens is 1. The Morgan fingerprint density at radius 1 is 1.30 bits per heavy atom. The van der Waals surface area contributed by atoms with Gasteiger partial charge in [0.25, 0.3) is 0 Å².